The first-order chi connectivity index (χ1) is 8.94. The minimum atomic E-state index is 0.178. The fourth-order valence-electron chi connectivity index (χ4n) is 2.04. The Bertz CT molecular complexity index is 489. The van der Waals surface area contributed by atoms with E-state index in [0.717, 1.165) is 13.1 Å². The SMILES string of the molecule is CC(CNC(C)(C)C)NCc1cc2ccccc2[nH]1. The quantitative estimate of drug-likeness (QED) is 0.772. The van der Waals surface area contributed by atoms with Crippen molar-refractivity contribution in [3.63, 3.8) is 0 Å². The number of aromatic nitrogens is 1. The third-order valence-electron chi connectivity index (χ3n) is 3.17. The second-order valence-electron chi connectivity index (χ2n) is 6.29. The molecule has 0 radical (unpaired) electrons. The van der Waals surface area contributed by atoms with Crippen molar-refractivity contribution in [2.24, 2.45) is 0 Å². The van der Waals surface area contributed by atoms with Gasteiger partial charge in [0.2, 0.25) is 0 Å². The van der Waals surface area contributed by atoms with Gasteiger partial charge in [-0.2, -0.15) is 0 Å². The van der Waals surface area contributed by atoms with Crippen LogP contribution in [0.1, 0.15) is 33.4 Å². The first kappa shape index (κ1) is 14.1. The number of hydrogen-bond donors (Lipinski definition) is 3. The second kappa shape index (κ2) is 5.76. The van der Waals surface area contributed by atoms with Crippen LogP contribution in [-0.4, -0.2) is 23.1 Å². The molecule has 1 atom stereocenters. The van der Waals surface area contributed by atoms with Crippen molar-refractivity contribution in [2.45, 2.75) is 45.8 Å². The maximum Gasteiger partial charge on any atom is 0.0456 e. The van der Waals surface area contributed by atoms with Gasteiger partial charge in [0.15, 0.2) is 0 Å². The van der Waals surface area contributed by atoms with Crippen molar-refractivity contribution in [1.29, 1.82) is 0 Å². The number of fused-ring (bicyclic) bond motifs is 1. The fraction of sp³-hybridized carbons (Fsp3) is 0.500. The molecule has 0 amide bonds. The third-order valence-corrected chi connectivity index (χ3v) is 3.17. The van der Waals surface area contributed by atoms with E-state index in [-0.39, 0.29) is 5.54 Å². The van der Waals surface area contributed by atoms with Gasteiger partial charge in [0, 0.05) is 35.9 Å². The lowest BCUT2D eigenvalue weighted by atomic mass is 10.1. The van der Waals surface area contributed by atoms with Gasteiger partial charge in [-0.1, -0.05) is 18.2 Å². The molecule has 0 aliphatic rings. The zero-order valence-corrected chi connectivity index (χ0v) is 12.4. The smallest absolute Gasteiger partial charge is 0.0456 e. The summed E-state index contributed by atoms with van der Waals surface area (Å²) >= 11 is 0. The topological polar surface area (TPSA) is 39.8 Å². The number of H-pyrrole nitrogens is 1. The number of para-hydroxylation sites is 1. The summed E-state index contributed by atoms with van der Waals surface area (Å²) in [5.74, 6) is 0. The molecule has 2 aromatic rings. The molecule has 19 heavy (non-hydrogen) atoms. The van der Waals surface area contributed by atoms with Crippen molar-refractivity contribution in [3.05, 3.63) is 36.0 Å². The van der Waals surface area contributed by atoms with Gasteiger partial charge in [-0.25, -0.2) is 0 Å². The van der Waals surface area contributed by atoms with E-state index in [4.69, 9.17) is 0 Å². The van der Waals surface area contributed by atoms with Crippen LogP contribution in [-0.2, 0) is 6.54 Å². The highest BCUT2D eigenvalue weighted by Crippen LogP contribution is 2.14. The number of benzene rings is 1. The van der Waals surface area contributed by atoms with Crippen molar-refractivity contribution >= 4 is 10.9 Å². The fourth-order valence-corrected chi connectivity index (χ4v) is 2.04. The van der Waals surface area contributed by atoms with Gasteiger partial charge >= 0.3 is 0 Å². The van der Waals surface area contributed by atoms with Crippen LogP contribution in [0.25, 0.3) is 10.9 Å². The summed E-state index contributed by atoms with van der Waals surface area (Å²) in [6, 6.07) is 11.1. The summed E-state index contributed by atoms with van der Waals surface area (Å²) in [6.45, 7) is 10.6. The normalized spacial score (nSPS) is 13.9. The summed E-state index contributed by atoms with van der Waals surface area (Å²) in [6.07, 6.45) is 0. The molecule has 1 unspecified atom stereocenters. The van der Waals surface area contributed by atoms with Crippen molar-refractivity contribution in [1.82, 2.24) is 15.6 Å². The van der Waals surface area contributed by atoms with Crippen LogP contribution in [0.5, 0.6) is 0 Å². The van der Waals surface area contributed by atoms with Crippen LogP contribution >= 0.6 is 0 Å². The maximum absolute atomic E-state index is 3.54. The van der Waals surface area contributed by atoms with E-state index >= 15 is 0 Å². The molecule has 0 aliphatic heterocycles. The van der Waals surface area contributed by atoms with Crippen LogP contribution in [0, 0.1) is 0 Å². The summed E-state index contributed by atoms with van der Waals surface area (Å²) in [4.78, 5) is 3.44. The van der Waals surface area contributed by atoms with Gasteiger partial charge < -0.3 is 15.6 Å². The molecular formula is C16H25N3. The number of nitrogens with one attached hydrogen (secondary N) is 3. The van der Waals surface area contributed by atoms with Crippen LogP contribution in [0.4, 0.5) is 0 Å². The van der Waals surface area contributed by atoms with Gasteiger partial charge in [0.1, 0.15) is 0 Å². The molecule has 1 aromatic carbocycles. The minimum Gasteiger partial charge on any atom is -0.357 e. The van der Waals surface area contributed by atoms with Gasteiger partial charge in [-0.05, 0) is 45.2 Å². The van der Waals surface area contributed by atoms with E-state index in [2.05, 4.69) is 73.6 Å². The molecule has 0 saturated carbocycles. The molecule has 3 nitrogen and oxygen atoms in total. The van der Waals surface area contributed by atoms with Crippen LogP contribution < -0.4 is 10.6 Å². The molecule has 1 aromatic heterocycles. The monoisotopic (exact) mass is 259 g/mol. The third kappa shape index (κ3) is 4.37. The van der Waals surface area contributed by atoms with Gasteiger partial charge in [-0.15, -0.1) is 0 Å². The first-order valence-corrected chi connectivity index (χ1v) is 6.99. The Morgan fingerprint density at radius 2 is 1.95 bits per heavy atom. The van der Waals surface area contributed by atoms with E-state index in [1.165, 1.54) is 16.6 Å². The summed E-state index contributed by atoms with van der Waals surface area (Å²) in [5.41, 5.74) is 2.63. The Balaban J connectivity index is 1.84. The highest BCUT2D eigenvalue weighted by atomic mass is 15.0. The minimum absolute atomic E-state index is 0.178. The average molecular weight is 259 g/mol. The Morgan fingerprint density at radius 3 is 2.63 bits per heavy atom. The Morgan fingerprint density at radius 1 is 1.21 bits per heavy atom. The van der Waals surface area contributed by atoms with Gasteiger partial charge in [0.05, 0.1) is 0 Å². The molecule has 2 rings (SSSR count). The van der Waals surface area contributed by atoms with Crippen molar-refractivity contribution in [3.8, 4) is 0 Å². The molecular weight excluding hydrogens is 234 g/mol. The Kier molecular flexibility index (Phi) is 4.27. The van der Waals surface area contributed by atoms with Gasteiger partial charge in [0.25, 0.3) is 0 Å². The van der Waals surface area contributed by atoms with Gasteiger partial charge in [-0.3, -0.25) is 0 Å². The van der Waals surface area contributed by atoms with E-state index in [9.17, 15) is 0 Å². The summed E-state index contributed by atoms with van der Waals surface area (Å²) in [5, 5.41) is 8.33. The van der Waals surface area contributed by atoms with E-state index in [1.807, 2.05) is 0 Å². The molecule has 0 saturated heterocycles. The molecule has 0 bridgehead atoms. The zero-order valence-electron chi connectivity index (χ0n) is 12.4. The number of aromatic amines is 1. The molecule has 3 N–H and O–H groups in total. The van der Waals surface area contributed by atoms with E-state index in [0.29, 0.717) is 6.04 Å². The van der Waals surface area contributed by atoms with Crippen molar-refractivity contribution < 1.29 is 0 Å². The number of rotatable bonds is 5. The summed E-state index contributed by atoms with van der Waals surface area (Å²) in [7, 11) is 0. The predicted molar refractivity (Wildman–Crippen MR) is 82.4 cm³/mol. The molecule has 0 aliphatic carbocycles. The predicted octanol–water partition coefficient (Wildman–Crippen LogP) is 3.03. The first-order valence-electron chi connectivity index (χ1n) is 6.99. The Labute approximate surface area is 115 Å². The van der Waals surface area contributed by atoms with E-state index in [1.54, 1.807) is 0 Å². The molecule has 1 heterocycles. The van der Waals surface area contributed by atoms with Crippen LogP contribution in [0.15, 0.2) is 30.3 Å². The number of hydrogen-bond acceptors (Lipinski definition) is 2. The highest BCUT2D eigenvalue weighted by Gasteiger charge is 2.10. The van der Waals surface area contributed by atoms with Crippen LogP contribution in [0.3, 0.4) is 0 Å². The molecule has 104 valence electrons. The van der Waals surface area contributed by atoms with Crippen molar-refractivity contribution in [2.75, 3.05) is 6.54 Å². The molecule has 3 heteroatoms. The average Bonchev–Trinajstić information content (AvgIpc) is 2.75. The standard InChI is InChI=1S/C16H25N3/c1-12(10-18-16(2,3)4)17-11-14-9-13-7-5-6-8-15(13)19-14/h5-9,12,17-19H,10-11H2,1-4H3. The summed E-state index contributed by atoms with van der Waals surface area (Å²) < 4.78 is 0. The lowest BCUT2D eigenvalue weighted by Crippen LogP contribution is -2.44. The maximum atomic E-state index is 3.54. The zero-order chi connectivity index (χ0) is 13.9. The lowest BCUT2D eigenvalue weighted by molar-refractivity contribution is 0.387. The van der Waals surface area contributed by atoms with Crippen LogP contribution in [0.2, 0.25) is 0 Å². The lowest BCUT2D eigenvalue weighted by Gasteiger charge is -2.23. The second-order valence-corrected chi connectivity index (χ2v) is 6.29. The molecule has 0 spiro atoms. The van der Waals surface area contributed by atoms with E-state index < -0.39 is 0 Å². The Hall–Kier alpha value is -1.32. The highest BCUT2D eigenvalue weighted by molar-refractivity contribution is 5.80. The largest absolute Gasteiger partial charge is 0.357 e. The molecule has 0 fully saturated rings.